The SMILES string of the molecule is NC(=O)CCC(N)C(=O)NC(Cc1ccc(O)cc1)C(=O)NC(Cc1c[nH]c2ccccc12)C(=O)NC(Cc1ccccc1)C(=O)O. The average Bonchev–Trinajstić information content (AvgIpc) is 3.46. The Hall–Kier alpha value is -5.69. The lowest BCUT2D eigenvalue weighted by Crippen LogP contribution is -2.58. The van der Waals surface area contributed by atoms with Crippen LogP contribution in [-0.4, -0.2) is 69.0 Å². The number of carboxylic acid groups (broad SMARTS) is 1. The number of nitrogens with one attached hydrogen (secondary N) is 4. The fourth-order valence-corrected chi connectivity index (χ4v) is 5.11. The Labute approximate surface area is 270 Å². The van der Waals surface area contributed by atoms with Crippen LogP contribution in [0.4, 0.5) is 0 Å². The number of phenols is 1. The molecule has 0 saturated carbocycles. The number of para-hydroxylation sites is 1. The molecular formula is C34H38N6O7. The minimum Gasteiger partial charge on any atom is -0.508 e. The number of rotatable bonds is 16. The van der Waals surface area contributed by atoms with Crippen LogP contribution in [-0.2, 0) is 43.2 Å². The Bertz CT molecular complexity index is 1710. The quantitative estimate of drug-likeness (QED) is 0.0878. The molecule has 47 heavy (non-hydrogen) atoms. The number of aromatic nitrogens is 1. The summed E-state index contributed by atoms with van der Waals surface area (Å²) in [6, 6.07) is 17.3. The third kappa shape index (κ3) is 9.90. The molecule has 246 valence electrons. The van der Waals surface area contributed by atoms with Gasteiger partial charge in [0.1, 0.15) is 23.9 Å². The van der Waals surface area contributed by atoms with Crippen LogP contribution in [0.5, 0.6) is 5.75 Å². The summed E-state index contributed by atoms with van der Waals surface area (Å²) < 4.78 is 0. The van der Waals surface area contributed by atoms with E-state index in [1.54, 1.807) is 48.7 Å². The lowest BCUT2D eigenvalue weighted by atomic mass is 10.0. The van der Waals surface area contributed by atoms with Crippen LogP contribution in [0.25, 0.3) is 10.9 Å². The van der Waals surface area contributed by atoms with E-state index in [-0.39, 0.29) is 37.9 Å². The molecular weight excluding hydrogens is 604 g/mol. The van der Waals surface area contributed by atoms with Crippen molar-refractivity contribution in [1.29, 1.82) is 0 Å². The van der Waals surface area contributed by atoms with Crippen LogP contribution in [0.1, 0.15) is 29.5 Å². The van der Waals surface area contributed by atoms with Crippen LogP contribution in [0.2, 0.25) is 0 Å². The molecule has 1 aromatic heterocycles. The van der Waals surface area contributed by atoms with Crippen LogP contribution in [0.3, 0.4) is 0 Å². The number of aromatic hydroxyl groups is 1. The van der Waals surface area contributed by atoms with E-state index >= 15 is 0 Å². The molecule has 4 atom stereocenters. The largest absolute Gasteiger partial charge is 0.508 e. The lowest BCUT2D eigenvalue weighted by Gasteiger charge is -2.25. The van der Waals surface area contributed by atoms with E-state index < -0.39 is 53.8 Å². The predicted octanol–water partition coefficient (Wildman–Crippen LogP) is 1.03. The number of fused-ring (bicyclic) bond motifs is 1. The van der Waals surface area contributed by atoms with Gasteiger partial charge in [0.2, 0.25) is 23.6 Å². The molecule has 3 aromatic carbocycles. The number of nitrogens with two attached hydrogens (primary N) is 2. The number of hydrogen-bond acceptors (Lipinski definition) is 7. The molecule has 0 saturated heterocycles. The van der Waals surface area contributed by atoms with Crippen LogP contribution < -0.4 is 27.4 Å². The summed E-state index contributed by atoms with van der Waals surface area (Å²) in [7, 11) is 0. The van der Waals surface area contributed by atoms with Crippen molar-refractivity contribution in [1.82, 2.24) is 20.9 Å². The topological polar surface area (TPSA) is 230 Å². The number of carbonyl (C=O) groups is 5. The Morgan fingerprint density at radius 3 is 1.91 bits per heavy atom. The normalized spacial score (nSPS) is 13.6. The van der Waals surface area contributed by atoms with Crippen molar-refractivity contribution in [2.75, 3.05) is 0 Å². The molecule has 4 amide bonds. The summed E-state index contributed by atoms with van der Waals surface area (Å²) in [5, 5.41) is 28.4. The molecule has 13 nitrogen and oxygen atoms in total. The number of carboxylic acids is 1. The van der Waals surface area contributed by atoms with Crippen LogP contribution in [0, 0.1) is 0 Å². The molecule has 13 heteroatoms. The second-order valence-electron chi connectivity index (χ2n) is 11.3. The maximum atomic E-state index is 13.9. The number of H-pyrrole nitrogens is 1. The fraction of sp³-hybridized carbons (Fsp3) is 0.265. The Morgan fingerprint density at radius 2 is 1.26 bits per heavy atom. The van der Waals surface area contributed by atoms with E-state index in [0.717, 1.165) is 10.9 Å². The number of benzene rings is 3. The highest BCUT2D eigenvalue weighted by molar-refractivity contribution is 5.95. The third-order valence-corrected chi connectivity index (χ3v) is 7.68. The highest BCUT2D eigenvalue weighted by Crippen LogP contribution is 2.20. The lowest BCUT2D eigenvalue weighted by molar-refractivity contribution is -0.142. The van der Waals surface area contributed by atoms with Gasteiger partial charge in [-0.3, -0.25) is 19.2 Å². The van der Waals surface area contributed by atoms with Crippen molar-refractivity contribution in [3.05, 3.63) is 102 Å². The van der Waals surface area contributed by atoms with Gasteiger partial charge in [0.15, 0.2) is 0 Å². The maximum Gasteiger partial charge on any atom is 0.326 e. The third-order valence-electron chi connectivity index (χ3n) is 7.68. The highest BCUT2D eigenvalue weighted by atomic mass is 16.4. The summed E-state index contributed by atoms with van der Waals surface area (Å²) in [5.41, 5.74) is 13.9. The van der Waals surface area contributed by atoms with Crippen LogP contribution >= 0.6 is 0 Å². The zero-order valence-corrected chi connectivity index (χ0v) is 25.5. The number of aromatic amines is 1. The van der Waals surface area contributed by atoms with Gasteiger partial charge in [0.25, 0.3) is 0 Å². The molecule has 0 aliphatic carbocycles. The first-order valence-electron chi connectivity index (χ1n) is 15.0. The van der Waals surface area contributed by atoms with Crippen LogP contribution in [0.15, 0.2) is 85.1 Å². The number of phenolic OH excluding ortho intramolecular Hbond substituents is 1. The standard InChI is InChI=1S/C34H38N6O7/c35-25(14-15-30(36)42)31(43)38-27(16-21-10-12-23(41)13-11-21)32(44)39-28(18-22-19-37-26-9-5-4-8-24(22)26)33(45)40-29(34(46)47)17-20-6-2-1-3-7-20/h1-13,19,25,27-29,37,41H,14-18,35H2,(H2,36,42)(H,38,43)(H,39,44)(H,40,45)(H,46,47). The Kier molecular flexibility index (Phi) is 11.7. The van der Waals surface area contributed by atoms with E-state index in [1.807, 2.05) is 24.3 Å². The minimum absolute atomic E-state index is 0.00271. The summed E-state index contributed by atoms with van der Waals surface area (Å²) in [6.45, 7) is 0. The van der Waals surface area contributed by atoms with E-state index in [1.165, 1.54) is 12.1 Å². The fourth-order valence-electron chi connectivity index (χ4n) is 5.11. The number of amides is 4. The van der Waals surface area contributed by atoms with E-state index in [0.29, 0.717) is 16.7 Å². The zero-order valence-electron chi connectivity index (χ0n) is 25.5. The monoisotopic (exact) mass is 642 g/mol. The number of carbonyl (C=O) groups excluding carboxylic acids is 4. The molecule has 0 aliphatic heterocycles. The second-order valence-corrected chi connectivity index (χ2v) is 11.3. The molecule has 0 fully saturated rings. The first-order chi connectivity index (χ1) is 22.5. The molecule has 4 rings (SSSR count). The summed E-state index contributed by atoms with van der Waals surface area (Å²) in [6.07, 6.45) is 1.51. The average molecular weight is 643 g/mol. The van der Waals surface area contributed by atoms with E-state index in [2.05, 4.69) is 20.9 Å². The highest BCUT2D eigenvalue weighted by Gasteiger charge is 2.31. The molecule has 0 aliphatic rings. The molecule has 0 bridgehead atoms. The minimum atomic E-state index is -1.29. The van der Waals surface area contributed by atoms with Crippen molar-refractivity contribution < 1.29 is 34.2 Å². The van der Waals surface area contributed by atoms with Crippen molar-refractivity contribution in [2.45, 2.75) is 56.3 Å². The van der Waals surface area contributed by atoms with Gasteiger partial charge in [0, 0.05) is 42.8 Å². The number of aliphatic carboxylic acids is 1. The van der Waals surface area contributed by atoms with Crippen molar-refractivity contribution in [3.8, 4) is 5.75 Å². The number of hydrogen-bond donors (Lipinski definition) is 8. The Morgan fingerprint density at radius 1 is 0.702 bits per heavy atom. The van der Waals surface area contributed by atoms with Gasteiger partial charge in [0.05, 0.1) is 6.04 Å². The van der Waals surface area contributed by atoms with E-state index in [9.17, 15) is 34.2 Å². The second kappa shape index (κ2) is 16.0. The molecule has 0 radical (unpaired) electrons. The van der Waals surface area contributed by atoms with Gasteiger partial charge >= 0.3 is 5.97 Å². The maximum absolute atomic E-state index is 13.9. The molecule has 0 spiro atoms. The van der Waals surface area contributed by atoms with Gasteiger partial charge in [-0.1, -0.05) is 60.7 Å². The summed E-state index contributed by atoms with van der Waals surface area (Å²) >= 11 is 0. The van der Waals surface area contributed by atoms with Crippen molar-refractivity contribution >= 4 is 40.5 Å². The smallest absolute Gasteiger partial charge is 0.326 e. The van der Waals surface area contributed by atoms with Gasteiger partial charge in [-0.05, 0) is 41.3 Å². The predicted molar refractivity (Wildman–Crippen MR) is 174 cm³/mol. The van der Waals surface area contributed by atoms with Gasteiger partial charge in [-0.15, -0.1) is 0 Å². The van der Waals surface area contributed by atoms with Crippen molar-refractivity contribution in [3.63, 3.8) is 0 Å². The molecule has 10 N–H and O–H groups in total. The first-order valence-corrected chi connectivity index (χ1v) is 15.0. The Balaban J connectivity index is 1.60. The first kappa shape index (κ1) is 34.2. The number of primary amides is 1. The van der Waals surface area contributed by atoms with Gasteiger partial charge in [-0.2, -0.15) is 0 Å². The van der Waals surface area contributed by atoms with Gasteiger partial charge in [-0.25, -0.2) is 4.79 Å². The zero-order chi connectivity index (χ0) is 33.9. The van der Waals surface area contributed by atoms with Crippen molar-refractivity contribution in [2.24, 2.45) is 11.5 Å². The summed E-state index contributed by atoms with van der Waals surface area (Å²) in [5.74, 6) is -4.06. The van der Waals surface area contributed by atoms with Gasteiger partial charge < -0.3 is 42.6 Å². The molecule has 4 unspecified atom stereocenters. The van der Waals surface area contributed by atoms with E-state index in [4.69, 9.17) is 11.5 Å². The summed E-state index contributed by atoms with van der Waals surface area (Å²) in [4.78, 5) is 67.1. The molecule has 1 heterocycles. The molecule has 4 aromatic rings.